The smallest absolute Gasteiger partial charge is 0.326 e. The van der Waals surface area contributed by atoms with Gasteiger partial charge in [-0.25, -0.2) is 4.79 Å². The van der Waals surface area contributed by atoms with E-state index in [1.807, 2.05) is 19.1 Å². The zero-order valence-corrected chi connectivity index (χ0v) is 13.4. The molecule has 112 valence electrons. The second-order valence-electron chi connectivity index (χ2n) is 4.71. The van der Waals surface area contributed by atoms with Crippen LogP contribution in [-0.2, 0) is 15.7 Å². The summed E-state index contributed by atoms with van der Waals surface area (Å²) in [7, 11) is 0.170. The predicted octanol–water partition coefficient (Wildman–Crippen LogP) is -1.55. The number of nitrogens with one attached hydrogen (secondary N) is 1. The summed E-state index contributed by atoms with van der Waals surface area (Å²) in [5, 5.41) is 11.7. The van der Waals surface area contributed by atoms with Gasteiger partial charge in [0.15, 0.2) is 0 Å². The highest BCUT2D eigenvalue weighted by Crippen LogP contribution is 2.05. The number of carboxylic acids is 1. The van der Waals surface area contributed by atoms with Crippen LogP contribution in [0.1, 0.15) is 22.3 Å². The number of halogens is 1. The van der Waals surface area contributed by atoms with Crippen molar-refractivity contribution in [1.82, 2.24) is 5.32 Å². The molecule has 1 atom stereocenters. The van der Waals surface area contributed by atoms with Crippen LogP contribution in [0, 0.1) is 6.92 Å². The Bertz CT molecular complexity index is 448. The Kier molecular flexibility index (Phi) is 8.34. The lowest BCUT2D eigenvalue weighted by Gasteiger charge is -2.13. The van der Waals surface area contributed by atoms with Crippen LogP contribution in [-0.4, -0.2) is 41.3 Å². The third-order valence-electron chi connectivity index (χ3n) is 2.73. The van der Waals surface area contributed by atoms with Gasteiger partial charge in [-0.15, -0.1) is 0 Å². The maximum Gasteiger partial charge on any atom is 0.326 e. The van der Waals surface area contributed by atoms with Crippen LogP contribution in [0.25, 0.3) is 0 Å². The molecule has 2 N–H and O–H groups in total. The summed E-state index contributed by atoms with van der Waals surface area (Å²) < 4.78 is 0. The Labute approximate surface area is 128 Å². The third-order valence-corrected chi connectivity index (χ3v) is 3.78. The molecule has 0 saturated heterocycles. The fraction of sp³-hybridized carbons (Fsp3) is 0.429. The van der Waals surface area contributed by atoms with Crippen molar-refractivity contribution < 1.29 is 27.1 Å². The molecular weight excluding hydrogens is 298 g/mol. The first-order valence-electron chi connectivity index (χ1n) is 6.04. The lowest BCUT2D eigenvalue weighted by atomic mass is 10.1. The molecular formula is C14H20ClNO3S. The number of hydrogen-bond donors (Lipinski definition) is 2. The number of carbonyl (C=O) groups excluding carboxylic acids is 1. The van der Waals surface area contributed by atoms with E-state index < -0.39 is 12.0 Å². The van der Waals surface area contributed by atoms with E-state index in [-0.39, 0.29) is 29.2 Å². The quantitative estimate of drug-likeness (QED) is 0.624. The molecule has 0 heterocycles. The maximum atomic E-state index is 11.9. The number of rotatable bonds is 6. The lowest BCUT2D eigenvalue weighted by molar-refractivity contribution is -0.139. The number of aryl methyl sites for hydroxylation is 1. The van der Waals surface area contributed by atoms with E-state index in [4.69, 9.17) is 5.11 Å². The first-order valence-corrected chi connectivity index (χ1v) is 8.25. The molecule has 20 heavy (non-hydrogen) atoms. The van der Waals surface area contributed by atoms with Crippen molar-refractivity contribution >= 4 is 22.8 Å². The lowest BCUT2D eigenvalue weighted by Crippen LogP contribution is -3.00. The summed E-state index contributed by atoms with van der Waals surface area (Å²) in [6.07, 6.45) is 4.57. The van der Waals surface area contributed by atoms with Crippen molar-refractivity contribution in [3.63, 3.8) is 0 Å². The molecule has 0 aliphatic heterocycles. The third kappa shape index (κ3) is 6.30. The van der Waals surface area contributed by atoms with E-state index in [1.165, 1.54) is 0 Å². The zero-order valence-electron chi connectivity index (χ0n) is 11.9. The molecule has 0 aromatic heterocycles. The van der Waals surface area contributed by atoms with Crippen molar-refractivity contribution in [3.8, 4) is 0 Å². The molecule has 1 aromatic carbocycles. The molecule has 1 amide bonds. The average Bonchev–Trinajstić information content (AvgIpc) is 2.34. The van der Waals surface area contributed by atoms with Crippen LogP contribution in [0.15, 0.2) is 24.3 Å². The van der Waals surface area contributed by atoms with Gasteiger partial charge in [0.25, 0.3) is 5.91 Å². The van der Waals surface area contributed by atoms with Crippen LogP contribution in [0.4, 0.5) is 0 Å². The van der Waals surface area contributed by atoms with E-state index in [0.717, 1.165) is 11.3 Å². The molecule has 0 spiro atoms. The maximum absolute atomic E-state index is 11.9. The largest absolute Gasteiger partial charge is 1.00 e. The molecule has 0 aliphatic carbocycles. The Hall–Kier alpha value is -1.20. The highest BCUT2D eigenvalue weighted by atomic mass is 35.5. The molecule has 0 saturated carbocycles. The number of benzene rings is 1. The average molecular weight is 318 g/mol. The highest BCUT2D eigenvalue weighted by Gasteiger charge is 2.22. The van der Waals surface area contributed by atoms with Gasteiger partial charge in [-0.05, 0) is 30.0 Å². The van der Waals surface area contributed by atoms with E-state index in [1.54, 1.807) is 12.1 Å². The van der Waals surface area contributed by atoms with Gasteiger partial charge in [-0.1, -0.05) is 17.7 Å². The molecule has 4 nitrogen and oxygen atoms in total. The normalized spacial score (nSPS) is 11.6. The van der Waals surface area contributed by atoms with Crippen LogP contribution in [0.5, 0.6) is 0 Å². The first kappa shape index (κ1) is 18.8. The molecule has 0 aliphatic rings. The van der Waals surface area contributed by atoms with Gasteiger partial charge in [0, 0.05) is 12.0 Å². The standard InChI is InChI=1S/C14H19NO3S.ClH/c1-10-4-6-11(7-5-10)13(16)15-12(14(17)18)8-9-19(2)3;/h4-7,12H,8-9H2,1-3H3,(H-,15,16,17,18);1H. The van der Waals surface area contributed by atoms with E-state index in [0.29, 0.717) is 12.0 Å². The van der Waals surface area contributed by atoms with Gasteiger partial charge in [-0.3, -0.25) is 4.79 Å². The molecule has 1 rings (SSSR count). The van der Waals surface area contributed by atoms with E-state index in [2.05, 4.69) is 17.8 Å². The van der Waals surface area contributed by atoms with Gasteiger partial charge in [0.1, 0.15) is 11.8 Å². The molecule has 0 fully saturated rings. The molecule has 1 aromatic rings. The molecule has 0 bridgehead atoms. The SMILES string of the molecule is Cc1ccc(C(=O)NC(CC[S+](C)C)C(=O)O)cc1.[Cl-]. The van der Waals surface area contributed by atoms with Crippen LogP contribution < -0.4 is 17.7 Å². The predicted molar refractivity (Wildman–Crippen MR) is 78.8 cm³/mol. The summed E-state index contributed by atoms with van der Waals surface area (Å²) in [4.78, 5) is 23.1. The summed E-state index contributed by atoms with van der Waals surface area (Å²) in [5.41, 5.74) is 1.55. The van der Waals surface area contributed by atoms with Gasteiger partial charge < -0.3 is 22.8 Å². The second-order valence-corrected chi connectivity index (χ2v) is 7.09. The fourth-order valence-corrected chi connectivity index (χ4v) is 2.26. The summed E-state index contributed by atoms with van der Waals surface area (Å²) in [6, 6.07) is 6.26. The Morgan fingerprint density at radius 2 is 1.80 bits per heavy atom. The highest BCUT2D eigenvalue weighted by molar-refractivity contribution is 7.95. The molecule has 6 heteroatoms. The van der Waals surface area contributed by atoms with Crippen molar-refractivity contribution in [2.45, 2.75) is 19.4 Å². The van der Waals surface area contributed by atoms with Crippen LogP contribution in [0.2, 0.25) is 0 Å². The van der Waals surface area contributed by atoms with Crippen LogP contribution >= 0.6 is 0 Å². The Morgan fingerprint density at radius 1 is 1.25 bits per heavy atom. The number of carboxylic acid groups (broad SMARTS) is 1. The number of carbonyl (C=O) groups is 2. The summed E-state index contributed by atoms with van der Waals surface area (Å²) in [5.74, 6) is -0.518. The van der Waals surface area contributed by atoms with Gasteiger partial charge in [0.05, 0.1) is 12.5 Å². The van der Waals surface area contributed by atoms with Crippen molar-refractivity contribution in [2.24, 2.45) is 0 Å². The minimum Gasteiger partial charge on any atom is -1.00 e. The Morgan fingerprint density at radius 3 is 2.25 bits per heavy atom. The minimum absolute atomic E-state index is 0. The first-order chi connectivity index (χ1) is 8.90. The zero-order chi connectivity index (χ0) is 14.4. The van der Waals surface area contributed by atoms with Crippen molar-refractivity contribution in [3.05, 3.63) is 35.4 Å². The fourth-order valence-electron chi connectivity index (χ4n) is 1.56. The van der Waals surface area contributed by atoms with Gasteiger partial charge in [-0.2, -0.15) is 0 Å². The number of hydrogen-bond acceptors (Lipinski definition) is 2. The number of aliphatic carboxylic acids is 1. The van der Waals surface area contributed by atoms with E-state index in [9.17, 15) is 9.59 Å². The van der Waals surface area contributed by atoms with Crippen LogP contribution in [0.3, 0.4) is 0 Å². The van der Waals surface area contributed by atoms with Gasteiger partial charge in [0.2, 0.25) is 0 Å². The van der Waals surface area contributed by atoms with Crippen molar-refractivity contribution in [1.29, 1.82) is 0 Å². The second kappa shape index (κ2) is 8.87. The molecule has 1 unspecified atom stereocenters. The van der Waals surface area contributed by atoms with E-state index >= 15 is 0 Å². The molecule has 0 radical (unpaired) electrons. The van der Waals surface area contributed by atoms with Gasteiger partial charge >= 0.3 is 5.97 Å². The monoisotopic (exact) mass is 317 g/mol. The number of amides is 1. The minimum atomic E-state index is -0.981. The Balaban J connectivity index is 0.00000361. The topological polar surface area (TPSA) is 66.4 Å². The van der Waals surface area contributed by atoms with Crippen molar-refractivity contribution in [2.75, 3.05) is 18.3 Å². The summed E-state index contributed by atoms with van der Waals surface area (Å²) in [6.45, 7) is 1.94. The summed E-state index contributed by atoms with van der Waals surface area (Å²) >= 11 is 0.